The van der Waals surface area contributed by atoms with Gasteiger partial charge in [0.1, 0.15) is 0 Å². The Morgan fingerprint density at radius 2 is 1.71 bits per heavy atom. The number of amides is 1. The van der Waals surface area contributed by atoms with Crippen molar-refractivity contribution < 1.29 is 13.2 Å². The molecular weight excluding hydrogens is 290 g/mol. The second kappa shape index (κ2) is 7.53. The zero-order chi connectivity index (χ0) is 16.0. The lowest BCUT2D eigenvalue weighted by atomic mass is 10.1. The maximum absolute atomic E-state index is 12.0. The molecule has 1 aromatic carbocycles. The summed E-state index contributed by atoms with van der Waals surface area (Å²) < 4.78 is 22.3. The molecule has 1 aromatic rings. The van der Waals surface area contributed by atoms with Gasteiger partial charge in [0.05, 0.1) is 11.1 Å². The van der Waals surface area contributed by atoms with E-state index in [4.69, 9.17) is 5.14 Å². The van der Waals surface area contributed by atoms with Crippen molar-refractivity contribution in [2.45, 2.75) is 50.7 Å². The highest BCUT2D eigenvalue weighted by Gasteiger charge is 2.13. The van der Waals surface area contributed by atoms with Crippen LogP contribution in [0.15, 0.2) is 29.2 Å². The molecule has 0 bridgehead atoms. The summed E-state index contributed by atoms with van der Waals surface area (Å²) in [5.41, 5.74) is 0.389. The highest BCUT2D eigenvalue weighted by molar-refractivity contribution is 7.89. The van der Waals surface area contributed by atoms with Gasteiger partial charge in [-0.2, -0.15) is 0 Å². The molecule has 0 saturated heterocycles. The minimum atomic E-state index is -3.74. The van der Waals surface area contributed by atoms with Gasteiger partial charge in [-0.05, 0) is 44.0 Å². The first-order valence-corrected chi connectivity index (χ1v) is 8.52. The highest BCUT2D eigenvalue weighted by Crippen LogP contribution is 2.09. The molecular formula is C14H23N3O3S. The van der Waals surface area contributed by atoms with Gasteiger partial charge in [-0.1, -0.05) is 13.8 Å². The van der Waals surface area contributed by atoms with E-state index in [0.29, 0.717) is 11.6 Å². The molecule has 0 spiro atoms. The van der Waals surface area contributed by atoms with Gasteiger partial charge in [0.25, 0.3) is 5.91 Å². The lowest BCUT2D eigenvalue weighted by Gasteiger charge is -2.22. The number of primary sulfonamides is 1. The number of carbonyl (C=O) groups is 1. The largest absolute Gasteiger partial charge is 0.337 e. The molecule has 4 N–H and O–H groups in total. The lowest BCUT2D eigenvalue weighted by molar-refractivity contribution is 0.0930. The van der Waals surface area contributed by atoms with Crippen LogP contribution in [0.3, 0.4) is 0 Å². The van der Waals surface area contributed by atoms with Crippen molar-refractivity contribution in [1.82, 2.24) is 10.6 Å². The van der Waals surface area contributed by atoms with Crippen LogP contribution in [0, 0.1) is 0 Å². The Kier molecular flexibility index (Phi) is 6.32. The molecule has 0 aliphatic carbocycles. The fourth-order valence-electron chi connectivity index (χ4n) is 2.00. The SMILES string of the molecule is CCC(CC)NC(C)NC(=O)c1ccc(S(N)(=O)=O)cc1. The standard InChI is InChI=1S/C14H23N3O3S/c1-4-12(5-2)16-10(3)17-14(18)11-6-8-13(9-7-11)21(15,19)20/h6-10,12,16H,4-5H2,1-3H3,(H,17,18)(H2,15,19,20). The Labute approximate surface area is 126 Å². The van der Waals surface area contributed by atoms with Crippen molar-refractivity contribution in [3.05, 3.63) is 29.8 Å². The molecule has 0 aromatic heterocycles. The molecule has 0 aliphatic heterocycles. The van der Waals surface area contributed by atoms with E-state index in [2.05, 4.69) is 24.5 Å². The number of nitrogens with one attached hydrogen (secondary N) is 2. The second-order valence-corrected chi connectivity index (χ2v) is 6.51. The topological polar surface area (TPSA) is 101 Å². The molecule has 1 amide bonds. The number of hydrogen-bond acceptors (Lipinski definition) is 4. The number of hydrogen-bond donors (Lipinski definition) is 3. The van der Waals surface area contributed by atoms with E-state index in [0.717, 1.165) is 12.8 Å². The summed E-state index contributed by atoms with van der Waals surface area (Å²) >= 11 is 0. The van der Waals surface area contributed by atoms with Crippen molar-refractivity contribution in [3.8, 4) is 0 Å². The van der Waals surface area contributed by atoms with Gasteiger partial charge < -0.3 is 5.32 Å². The summed E-state index contributed by atoms with van der Waals surface area (Å²) in [6.45, 7) is 6.04. The molecule has 0 fully saturated rings. The third kappa shape index (κ3) is 5.45. The monoisotopic (exact) mass is 313 g/mol. The fourth-order valence-corrected chi connectivity index (χ4v) is 2.51. The Bertz CT molecular complexity index is 566. The number of sulfonamides is 1. The third-order valence-electron chi connectivity index (χ3n) is 3.26. The van der Waals surface area contributed by atoms with E-state index in [1.54, 1.807) is 0 Å². The Morgan fingerprint density at radius 3 is 2.14 bits per heavy atom. The van der Waals surface area contributed by atoms with Crippen molar-refractivity contribution in [2.75, 3.05) is 0 Å². The van der Waals surface area contributed by atoms with Crippen LogP contribution in [-0.4, -0.2) is 26.5 Å². The van der Waals surface area contributed by atoms with Gasteiger partial charge in [0, 0.05) is 11.6 Å². The minimum absolute atomic E-state index is 0.0118. The van der Waals surface area contributed by atoms with Crippen molar-refractivity contribution >= 4 is 15.9 Å². The Balaban J connectivity index is 2.67. The predicted octanol–water partition coefficient (Wildman–Crippen LogP) is 1.19. The quantitative estimate of drug-likeness (QED) is 0.658. The number of carbonyl (C=O) groups excluding carboxylic acids is 1. The van der Waals surface area contributed by atoms with Crippen LogP contribution in [0.4, 0.5) is 0 Å². The van der Waals surface area contributed by atoms with Gasteiger partial charge in [-0.15, -0.1) is 0 Å². The number of benzene rings is 1. The predicted molar refractivity (Wildman–Crippen MR) is 82.2 cm³/mol. The van der Waals surface area contributed by atoms with E-state index in [9.17, 15) is 13.2 Å². The normalized spacial score (nSPS) is 13.2. The summed E-state index contributed by atoms with van der Waals surface area (Å²) in [4.78, 5) is 12.0. The zero-order valence-corrected chi connectivity index (χ0v) is 13.4. The van der Waals surface area contributed by atoms with Crippen molar-refractivity contribution in [2.24, 2.45) is 5.14 Å². The van der Waals surface area contributed by atoms with Crippen LogP contribution in [0.25, 0.3) is 0 Å². The van der Waals surface area contributed by atoms with E-state index in [1.807, 2.05) is 6.92 Å². The molecule has 0 aliphatic rings. The minimum Gasteiger partial charge on any atom is -0.337 e. The van der Waals surface area contributed by atoms with Crippen molar-refractivity contribution in [1.29, 1.82) is 0 Å². The van der Waals surface area contributed by atoms with Crippen LogP contribution in [-0.2, 0) is 10.0 Å². The molecule has 0 saturated carbocycles. The van der Waals surface area contributed by atoms with Crippen molar-refractivity contribution in [3.63, 3.8) is 0 Å². The summed E-state index contributed by atoms with van der Waals surface area (Å²) in [5.74, 6) is -0.262. The number of rotatable bonds is 7. The highest BCUT2D eigenvalue weighted by atomic mass is 32.2. The molecule has 1 rings (SSSR count). The number of nitrogens with two attached hydrogens (primary N) is 1. The second-order valence-electron chi connectivity index (χ2n) is 4.94. The fraction of sp³-hybridized carbons (Fsp3) is 0.500. The van der Waals surface area contributed by atoms with Gasteiger partial charge >= 0.3 is 0 Å². The van der Waals surface area contributed by atoms with Gasteiger partial charge in [-0.25, -0.2) is 13.6 Å². The Morgan fingerprint density at radius 1 is 1.19 bits per heavy atom. The summed E-state index contributed by atoms with van der Waals surface area (Å²) in [6, 6.07) is 5.88. The zero-order valence-electron chi connectivity index (χ0n) is 12.6. The summed E-state index contributed by atoms with van der Waals surface area (Å²) in [7, 11) is -3.74. The molecule has 7 heteroatoms. The van der Waals surface area contributed by atoms with Gasteiger partial charge in [-0.3, -0.25) is 10.1 Å². The van der Waals surface area contributed by atoms with Gasteiger partial charge in [0.2, 0.25) is 10.0 Å². The van der Waals surface area contributed by atoms with E-state index in [-0.39, 0.29) is 17.0 Å². The first-order valence-electron chi connectivity index (χ1n) is 6.97. The smallest absolute Gasteiger partial charge is 0.252 e. The van der Waals surface area contributed by atoms with E-state index >= 15 is 0 Å². The molecule has 0 heterocycles. The van der Waals surface area contributed by atoms with Crippen LogP contribution in [0.5, 0.6) is 0 Å². The average molecular weight is 313 g/mol. The molecule has 21 heavy (non-hydrogen) atoms. The summed E-state index contributed by atoms with van der Waals surface area (Å²) in [6.07, 6.45) is 1.81. The lowest BCUT2D eigenvalue weighted by Crippen LogP contribution is -2.47. The summed E-state index contributed by atoms with van der Waals surface area (Å²) in [5, 5.41) is 11.1. The Hall–Kier alpha value is -1.44. The first kappa shape index (κ1) is 17.6. The van der Waals surface area contributed by atoms with Crippen LogP contribution < -0.4 is 15.8 Å². The third-order valence-corrected chi connectivity index (χ3v) is 4.19. The van der Waals surface area contributed by atoms with Crippen LogP contribution >= 0.6 is 0 Å². The van der Waals surface area contributed by atoms with E-state index < -0.39 is 10.0 Å². The van der Waals surface area contributed by atoms with Crippen LogP contribution in [0.2, 0.25) is 0 Å². The van der Waals surface area contributed by atoms with Crippen LogP contribution in [0.1, 0.15) is 44.0 Å². The van der Waals surface area contributed by atoms with Gasteiger partial charge in [0.15, 0.2) is 0 Å². The first-order chi connectivity index (χ1) is 9.77. The maximum atomic E-state index is 12.0. The molecule has 1 atom stereocenters. The maximum Gasteiger partial charge on any atom is 0.252 e. The van der Waals surface area contributed by atoms with E-state index in [1.165, 1.54) is 24.3 Å². The average Bonchev–Trinajstić information content (AvgIpc) is 2.43. The molecule has 0 radical (unpaired) electrons. The molecule has 1 unspecified atom stereocenters. The molecule has 118 valence electrons. The molecule has 6 nitrogen and oxygen atoms in total.